The number of nitrogens with one attached hydrogen (secondary N) is 1. The molecule has 2 nitrogen and oxygen atoms in total. The van der Waals surface area contributed by atoms with E-state index in [1.165, 1.54) is 12.1 Å². The molecule has 0 fully saturated rings. The first kappa shape index (κ1) is 14.8. The van der Waals surface area contributed by atoms with Crippen molar-refractivity contribution in [1.29, 1.82) is 0 Å². The smallest absolute Gasteiger partial charge is 0.399 e. The Bertz CT molecular complexity index is 642. The molecule has 20 heavy (non-hydrogen) atoms. The van der Waals surface area contributed by atoms with Crippen LogP contribution in [0.15, 0.2) is 36.4 Å². The molecule has 0 aliphatic carbocycles. The Morgan fingerprint density at radius 3 is 2.30 bits per heavy atom. The molecule has 0 amide bonds. The summed E-state index contributed by atoms with van der Waals surface area (Å²) in [7, 11) is 0. The molecule has 2 aromatic rings. The first-order chi connectivity index (χ1) is 9.25. The highest BCUT2D eigenvalue weighted by Crippen LogP contribution is 2.35. The molecule has 0 atom stereocenters. The first-order valence-corrected chi connectivity index (χ1v) is 6.21. The van der Waals surface area contributed by atoms with Gasteiger partial charge in [-0.2, -0.15) is 13.2 Å². The SMILES string of the molecule is Nc1ccc(Nc2cc(Cl)cc(C(F)(F)F)c2)c(Cl)c1. The van der Waals surface area contributed by atoms with Gasteiger partial charge < -0.3 is 11.1 Å². The van der Waals surface area contributed by atoms with Crippen molar-refractivity contribution in [2.75, 3.05) is 11.1 Å². The lowest BCUT2D eigenvalue weighted by Gasteiger charge is -2.13. The molecular formula is C13H9Cl2F3N2. The zero-order valence-corrected chi connectivity index (χ0v) is 11.4. The van der Waals surface area contributed by atoms with Crippen LogP contribution in [0.2, 0.25) is 10.0 Å². The van der Waals surface area contributed by atoms with Gasteiger partial charge in [0.2, 0.25) is 0 Å². The van der Waals surface area contributed by atoms with E-state index < -0.39 is 11.7 Å². The minimum absolute atomic E-state index is 0.0195. The second-order valence-corrected chi connectivity index (χ2v) is 4.93. The fourth-order valence-electron chi connectivity index (χ4n) is 1.61. The van der Waals surface area contributed by atoms with E-state index in [0.717, 1.165) is 12.1 Å². The van der Waals surface area contributed by atoms with Crippen molar-refractivity contribution < 1.29 is 13.2 Å². The van der Waals surface area contributed by atoms with Gasteiger partial charge in [0.25, 0.3) is 0 Å². The number of rotatable bonds is 2. The molecule has 2 aromatic carbocycles. The third-order valence-electron chi connectivity index (χ3n) is 2.50. The Hall–Kier alpha value is -1.59. The maximum absolute atomic E-state index is 12.7. The highest BCUT2D eigenvalue weighted by Gasteiger charge is 2.31. The van der Waals surface area contributed by atoms with E-state index in [4.69, 9.17) is 28.9 Å². The predicted octanol–water partition coefficient (Wildman–Crippen LogP) is 5.34. The number of hydrogen-bond donors (Lipinski definition) is 2. The van der Waals surface area contributed by atoms with Gasteiger partial charge in [0.05, 0.1) is 16.3 Å². The van der Waals surface area contributed by atoms with Gasteiger partial charge in [0.15, 0.2) is 0 Å². The van der Waals surface area contributed by atoms with E-state index in [9.17, 15) is 13.2 Å². The average molecular weight is 321 g/mol. The highest BCUT2D eigenvalue weighted by molar-refractivity contribution is 6.33. The molecule has 0 aliphatic heterocycles. The fourth-order valence-corrected chi connectivity index (χ4v) is 2.09. The van der Waals surface area contributed by atoms with Gasteiger partial charge in [-0.3, -0.25) is 0 Å². The molecule has 2 rings (SSSR count). The lowest BCUT2D eigenvalue weighted by Crippen LogP contribution is -2.05. The Morgan fingerprint density at radius 1 is 1.00 bits per heavy atom. The standard InChI is InChI=1S/C13H9Cl2F3N2/c14-8-3-7(13(16,17)18)4-10(5-8)20-12-2-1-9(19)6-11(12)15/h1-6,20H,19H2. The maximum atomic E-state index is 12.7. The van der Waals surface area contributed by atoms with Gasteiger partial charge >= 0.3 is 6.18 Å². The minimum Gasteiger partial charge on any atom is -0.399 e. The molecular weight excluding hydrogens is 312 g/mol. The Kier molecular flexibility index (Phi) is 4.01. The first-order valence-electron chi connectivity index (χ1n) is 5.45. The van der Waals surface area contributed by atoms with E-state index in [0.29, 0.717) is 16.4 Å². The second kappa shape index (κ2) is 5.42. The fraction of sp³-hybridized carbons (Fsp3) is 0.0769. The molecule has 0 aliphatic rings. The molecule has 0 saturated heterocycles. The van der Waals surface area contributed by atoms with Crippen LogP contribution in [0.25, 0.3) is 0 Å². The van der Waals surface area contributed by atoms with Crippen LogP contribution >= 0.6 is 23.2 Å². The average Bonchev–Trinajstić information content (AvgIpc) is 2.31. The van der Waals surface area contributed by atoms with Crippen molar-refractivity contribution in [3.05, 3.63) is 52.0 Å². The monoisotopic (exact) mass is 320 g/mol. The van der Waals surface area contributed by atoms with Crippen molar-refractivity contribution >= 4 is 40.3 Å². The summed E-state index contributed by atoms with van der Waals surface area (Å²) in [6.07, 6.45) is -4.47. The van der Waals surface area contributed by atoms with Gasteiger partial charge in [0.1, 0.15) is 0 Å². The molecule has 0 bridgehead atoms. The van der Waals surface area contributed by atoms with Crippen LogP contribution in [-0.2, 0) is 6.18 Å². The number of nitrogens with two attached hydrogens (primary N) is 1. The van der Waals surface area contributed by atoms with Crippen molar-refractivity contribution in [2.24, 2.45) is 0 Å². The second-order valence-electron chi connectivity index (χ2n) is 4.09. The van der Waals surface area contributed by atoms with Crippen molar-refractivity contribution in [2.45, 2.75) is 6.18 Å². The van der Waals surface area contributed by atoms with Crippen LogP contribution in [0.4, 0.5) is 30.2 Å². The quantitative estimate of drug-likeness (QED) is 0.733. The van der Waals surface area contributed by atoms with Gasteiger partial charge in [-0.05, 0) is 36.4 Å². The predicted molar refractivity (Wildman–Crippen MR) is 75.6 cm³/mol. The van der Waals surface area contributed by atoms with Crippen LogP contribution in [-0.4, -0.2) is 0 Å². The summed E-state index contributed by atoms with van der Waals surface area (Å²) in [6, 6.07) is 7.85. The lowest BCUT2D eigenvalue weighted by molar-refractivity contribution is -0.137. The Labute approximate surface area is 123 Å². The normalized spacial score (nSPS) is 11.4. The highest BCUT2D eigenvalue weighted by atomic mass is 35.5. The number of alkyl halides is 3. The third kappa shape index (κ3) is 3.49. The summed E-state index contributed by atoms with van der Waals surface area (Å²) in [4.78, 5) is 0. The van der Waals surface area contributed by atoms with Gasteiger partial charge in [-0.25, -0.2) is 0 Å². The minimum atomic E-state index is -4.47. The number of hydrogen-bond acceptors (Lipinski definition) is 2. The van der Waals surface area contributed by atoms with E-state index in [1.54, 1.807) is 12.1 Å². The molecule has 0 aromatic heterocycles. The summed E-state index contributed by atoms with van der Waals surface area (Å²) >= 11 is 11.6. The van der Waals surface area contributed by atoms with Gasteiger partial charge in [-0.15, -0.1) is 0 Å². The Morgan fingerprint density at radius 2 is 1.70 bits per heavy atom. The van der Waals surface area contributed by atoms with Gasteiger partial charge in [-0.1, -0.05) is 23.2 Å². The molecule has 0 heterocycles. The van der Waals surface area contributed by atoms with Crippen LogP contribution in [0.1, 0.15) is 5.56 Å². The summed E-state index contributed by atoms with van der Waals surface area (Å²) in [5.41, 5.74) is 5.80. The van der Waals surface area contributed by atoms with E-state index in [2.05, 4.69) is 5.32 Å². The molecule has 106 valence electrons. The molecule has 7 heteroatoms. The molecule has 3 N–H and O–H groups in total. The summed E-state index contributed by atoms with van der Waals surface area (Å²) in [5.74, 6) is 0. The van der Waals surface area contributed by atoms with Crippen LogP contribution < -0.4 is 11.1 Å². The number of benzene rings is 2. The van der Waals surface area contributed by atoms with Crippen molar-refractivity contribution in [3.8, 4) is 0 Å². The summed E-state index contributed by atoms with van der Waals surface area (Å²) in [6.45, 7) is 0. The lowest BCUT2D eigenvalue weighted by atomic mass is 10.2. The Balaban J connectivity index is 2.36. The largest absolute Gasteiger partial charge is 0.416 e. The summed E-state index contributed by atoms with van der Waals surface area (Å²) in [5, 5.41) is 3.07. The van der Waals surface area contributed by atoms with Crippen molar-refractivity contribution in [1.82, 2.24) is 0 Å². The molecule has 0 spiro atoms. The van der Waals surface area contributed by atoms with Crippen molar-refractivity contribution in [3.63, 3.8) is 0 Å². The zero-order chi connectivity index (χ0) is 14.9. The summed E-state index contributed by atoms with van der Waals surface area (Å²) < 4.78 is 38.1. The molecule has 0 saturated carbocycles. The van der Waals surface area contributed by atoms with Gasteiger partial charge in [0, 0.05) is 16.4 Å². The topological polar surface area (TPSA) is 38.0 Å². The van der Waals surface area contributed by atoms with Crippen LogP contribution in [0.3, 0.4) is 0 Å². The van der Waals surface area contributed by atoms with Crippen LogP contribution in [0.5, 0.6) is 0 Å². The molecule has 0 radical (unpaired) electrons. The maximum Gasteiger partial charge on any atom is 0.416 e. The van der Waals surface area contributed by atoms with E-state index in [1.807, 2.05) is 0 Å². The van der Waals surface area contributed by atoms with E-state index >= 15 is 0 Å². The van der Waals surface area contributed by atoms with E-state index in [-0.39, 0.29) is 10.7 Å². The third-order valence-corrected chi connectivity index (χ3v) is 3.03. The molecule has 0 unspecified atom stereocenters. The zero-order valence-electron chi connectivity index (χ0n) is 9.93. The number of nitrogen functional groups attached to an aromatic ring is 1. The number of halogens is 5. The number of anilines is 3. The van der Waals surface area contributed by atoms with Crippen LogP contribution in [0, 0.1) is 0 Å².